The molecule has 0 spiro atoms. The lowest BCUT2D eigenvalue weighted by Crippen LogP contribution is -2.10. The van der Waals surface area contributed by atoms with Crippen LogP contribution in [0, 0.1) is 0 Å². The van der Waals surface area contributed by atoms with Crippen LogP contribution in [-0.2, 0) is 10.2 Å². The summed E-state index contributed by atoms with van der Waals surface area (Å²) >= 11 is 0. The molecule has 140 valence electrons. The zero-order valence-corrected chi connectivity index (χ0v) is 16.2. The largest absolute Gasteiger partial charge is 0.462 e. The van der Waals surface area contributed by atoms with Crippen LogP contribution in [0.25, 0.3) is 16.9 Å². The minimum atomic E-state index is -0.362. The van der Waals surface area contributed by atoms with Gasteiger partial charge >= 0.3 is 5.97 Å². The molecule has 2 N–H and O–H groups in total. The van der Waals surface area contributed by atoms with E-state index in [1.807, 2.05) is 17.0 Å². The van der Waals surface area contributed by atoms with Gasteiger partial charge < -0.3 is 15.0 Å². The fourth-order valence-corrected chi connectivity index (χ4v) is 2.89. The summed E-state index contributed by atoms with van der Waals surface area (Å²) in [6, 6.07) is 11.8. The summed E-state index contributed by atoms with van der Waals surface area (Å²) < 4.78 is 6.88. The van der Waals surface area contributed by atoms with Crippen LogP contribution < -0.4 is 5.73 Å². The number of rotatable bonds is 4. The van der Waals surface area contributed by atoms with E-state index in [1.54, 1.807) is 25.3 Å². The Labute approximate surface area is 159 Å². The highest BCUT2D eigenvalue weighted by molar-refractivity contribution is 5.89. The van der Waals surface area contributed by atoms with Crippen molar-refractivity contribution in [3.05, 3.63) is 66.1 Å². The molecule has 5 heteroatoms. The second-order valence-corrected chi connectivity index (χ2v) is 7.49. The maximum atomic E-state index is 12.0. The monoisotopic (exact) mass is 363 g/mol. The van der Waals surface area contributed by atoms with E-state index in [-0.39, 0.29) is 11.4 Å². The van der Waals surface area contributed by atoms with Gasteiger partial charge in [-0.2, -0.15) is 0 Å². The maximum absolute atomic E-state index is 12.0. The molecular formula is C22H25N3O2. The molecule has 2 heterocycles. The van der Waals surface area contributed by atoms with Crippen LogP contribution in [0.15, 0.2) is 55.0 Å². The van der Waals surface area contributed by atoms with Gasteiger partial charge in [0.1, 0.15) is 5.82 Å². The minimum Gasteiger partial charge on any atom is -0.462 e. The first kappa shape index (κ1) is 18.7. The summed E-state index contributed by atoms with van der Waals surface area (Å²) in [4.78, 5) is 16.3. The Morgan fingerprint density at radius 2 is 1.85 bits per heavy atom. The van der Waals surface area contributed by atoms with Gasteiger partial charge in [-0.3, -0.25) is 0 Å². The van der Waals surface area contributed by atoms with E-state index < -0.39 is 0 Å². The molecule has 0 aliphatic heterocycles. The van der Waals surface area contributed by atoms with Crippen LogP contribution in [-0.4, -0.2) is 22.1 Å². The van der Waals surface area contributed by atoms with Crippen LogP contribution in [0.5, 0.6) is 0 Å². The van der Waals surface area contributed by atoms with Crippen molar-refractivity contribution in [3.63, 3.8) is 0 Å². The second-order valence-electron chi connectivity index (χ2n) is 7.49. The Bertz CT molecular complexity index is 950. The average molecular weight is 363 g/mol. The third kappa shape index (κ3) is 4.03. The molecule has 2 aromatic heterocycles. The molecule has 0 bridgehead atoms. The number of nitrogens with two attached hydrogens (primary N) is 1. The lowest BCUT2D eigenvalue weighted by molar-refractivity contribution is 0.0526. The molecule has 0 radical (unpaired) electrons. The van der Waals surface area contributed by atoms with Crippen LogP contribution in [0.4, 0.5) is 5.69 Å². The molecule has 0 amide bonds. The van der Waals surface area contributed by atoms with Crippen molar-refractivity contribution in [3.8, 4) is 16.9 Å². The lowest BCUT2D eigenvalue weighted by Gasteiger charge is -2.19. The van der Waals surface area contributed by atoms with E-state index in [9.17, 15) is 4.79 Å². The molecule has 0 fully saturated rings. The van der Waals surface area contributed by atoms with Crippen molar-refractivity contribution in [2.24, 2.45) is 0 Å². The molecule has 0 saturated carbocycles. The molecule has 0 aliphatic rings. The van der Waals surface area contributed by atoms with Gasteiger partial charge in [0.15, 0.2) is 0 Å². The van der Waals surface area contributed by atoms with Gasteiger partial charge in [0.2, 0.25) is 0 Å². The number of aromatic nitrogens is 2. The van der Waals surface area contributed by atoms with Gasteiger partial charge in [-0.05, 0) is 35.6 Å². The van der Waals surface area contributed by atoms with Crippen LogP contribution in [0.1, 0.15) is 43.6 Å². The van der Waals surface area contributed by atoms with Crippen molar-refractivity contribution in [1.82, 2.24) is 9.55 Å². The minimum absolute atomic E-state index is 0.105. The summed E-state index contributed by atoms with van der Waals surface area (Å²) in [6.45, 7) is 8.69. The van der Waals surface area contributed by atoms with Gasteiger partial charge in [-0.1, -0.05) is 45.0 Å². The van der Waals surface area contributed by atoms with Gasteiger partial charge in [-0.25, -0.2) is 9.78 Å². The highest BCUT2D eigenvalue weighted by Crippen LogP contribution is 2.30. The standard InChI is InChI=1S/C22H25N3O2/c1-5-27-21(26)16-10-11-24-20(12-16)25-13-18(19(23)14-25)15-6-8-17(9-7-15)22(2,3)4/h6-14H,5,23H2,1-4H3. The first-order valence-electron chi connectivity index (χ1n) is 9.01. The average Bonchev–Trinajstić information content (AvgIpc) is 3.03. The Balaban J connectivity index is 1.93. The van der Waals surface area contributed by atoms with E-state index >= 15 is 0 Å². The van der Waals surface area contributed by atoms with Crippen molar-refractivity contribution in [2.75, 3.05) is 12.3 Å². The first-order valence-corrected chi connectivity index (χ1v) is 9.01. The maximum Gasteiger partial charge on any atom is 0.338 e. The SMILES string of the molecule is CCOC(=O)c1ccnc(-n2cc(N)c(-c3ccc(C(C)(C)C)cc3)c2)c1. The molecular weight excluding hydrogens is 338 g/mol. The zero-order chi connectivity index (χ0) is 19.6. The van der Waals surface area contributed by atoms with E-state index in [0.29, 0.717) is 23.7 Å². The molecule has 0 unspecified atom stereocenters. The Hall–Kier alpha value is -3.08. The fraction of sp³-hybridized carbons (Fsp3) is 0.273. The summed E-state index contributed by atoms with van der Waals surface area (Å²) in [5.74, 6) is 0.254. The number of ether oxygens (including phenoxy) is 1. The normalized spacial score (nSPS) is 11.4. The number of hydrogen-bond donors (Lipinski definition) is 1. The fourth-order valence-electron chi connectivity index (χ4n) is 2.89. The Kier molecular flexibility index (Phi) is 5.04. The summed E-state index contributed by atoms with van der Waals surface area (Å²) in [5.41, 5.74) is 10.7. The molecule has 0 atom stereocenters. The number of nitrogen functional groups attached to an aromatic ring is 1. The quantitative estimate of drug-likeness (QED) is 0.688. The zero-order valence-electron chi connectivity index (χ0n) is 16.2. The highest BCUT2D eigenvalue weighted by atomic mass is 16.5. The van der Waals surface area contributed by atoms with Gasteiger partial charge in [-0.15, -0.1) is 0 Å². The predicted octanol–water partition coefficient (Wildman–Crippen LogP) is 4.60. The number of anilines is 1. The van der Waals surface area contributed by atoms with Gasteiger partial charge in [0.25, 0.3) is 0 Å². The third-order valence-corrected chi connectivity index (χ3v) is 4.44. The van der Waals surface area contributed by atoms with Gasteiger partial charge in [0.05, 0.1) is 17.9 Å². The Morgan fingerprint density at radius 3 is 2.48 bits per heavy atom. The number of nitrogens with zero attached hydrogens (tertiary/aromatic N) is 2. The van der Waals surface area contributed by atoms with Gasteiger partial charge in [0, 0.05) is 24.2 Å². The van der Waals surface area contributed by atoms with Crippen molar-refractivity contribution < 1.29 is 9.53 Å². The van der Waals surface area contributed by atoms with E-state index in [2.05, 4.69) is 50.0 Å². The van der Waals surface area contributed by atoms with Crippen LogP contribution >= 0.6 is 0 Å². The summed E-state index contributed by atoms with van der Waals surface area (Å²) in [7, 11) is 0. The number of benzene rings is 1. The molecule has 1 aromatic carbocycles. The van der Waals surface area contributed by atoms with Crippen molar-refractivity contribution in [1.29, 1.82) is 0 Å². The predicted molar refractivity (Wildman–Crippen MR) is 108 cm³/mol. The van der Waals surface area contributed by atoms with Crippen molar-refractivity contribution in [2.45, 2.75) is 33.1 Å². The number of carbonyl (C=O) groups is 1. The molecule has 3 rings (SSSR count). The number of carbonyl (C=O) groups excluding carboxylic acids is 1. The van der Waals surface area contributed by atoms with Crippen LogP contribution in [0.2, 0.25) is 0 Å². The summed E-state index contributed by atoms with van der Waals surface area (Å²) in [5, 5.41) is 0. The highest BCUT2D eigenvalue weighted by Gasteiger charge is 2.15. The molecule has 3 aromatic rings. The molecule has 5 nitrogen and oxygen atoms in total. The smallest absolute Gasteiger partial charge is 0.338 e. The molecule has 0 aliphatic carbocycles. The first-order chi connectivity index (χ1) is 12.8. The number of pyridine rings is 1. The summed E-state index contributed by atoms with van der Waals surface area (Å²) in [6.07, 6.45) is 5.33. The number of hydrogen-bond acceptors (Lipinski definition) is 4. The van der Waals surface area contributed by atoms with Crippen molar-refractivity contribution >= 4 is 11.7 Å². The molecule has 27 heavy (non-hydrogen) atoms. The third-order valence-electron chi connectivity index (χ3n) is 4.44. The Morgan fingerprint density at radius 1 is 1.15 bits per heavy atom. The lowest BCUT2D eigenvalue weighted by atomic mass is 9.86. The number of esters is 1. The van der Waals surface area contributed by atoms with E-state index in [1.165, 1.54) is 5.56 Å². The van der Waals surface area contributed by atoms with Crippen LogP contribution in [0.3, 0.4) is 0 Å². The molecule has 0 saturated heterocycles. The van der Waals surface area contributed by atoms with E-state index in [0.717, 1.165) is 11.1 Å². The van der Waals surface area contributed by atoms with E-state index in [4.69, 9.17) is 10.5 Å². The topological polar surface area (TPSA) is 70.1 Å². The second kappa shape index (κ2) is 7.27.